The Hall–Kier alpha value is -4.88. The number of carbonyl (C=O) groups excluding carboxylic acids is 3. The monoisotopic (exact) mass is 938 g/mol. The van der Waals surface area contributed by atoms with E-state index in [2.05, 4.69) is 61.3 Å². The molecule has 0 radical (unpaired) electrons. The Morgan fingerprint density at radius 1 is 0.809 bits per heavy atom. The number of aryl methyl sites for hydroxylation is 1. The molecule has 17 nitrogen and oxygen atoms in total. The fourth-order valence-corrected chi connectivity index (χ4v) is 10.0. The van der Waals surface area contributed by atoms with Gasteiger partial charge < -0.3 is 34.3 Å². The van der Waals surface area contributed by atoms with Gasteiger partial charge in [0.1, 0.15) is 5.69 Å². The number of anilines is 2. The quantitative estimate of drug-likeness (QED) is 0.0588. The standard InChI is InChI=1S/C51H71N9O8/c1-3-4-20-52-51-53-34-43-46(56-60(48(43)55-51)39-14-16-40(61)17-15-39)37-12-10-36(11-13-37)35-59-23-21-58(22-24-59)25-27-66-29-31-68-33-32-67-30-28-65-26-6-8-38-7-5-9-41-45(50(64)57(2)47(38)41)42-18-19-44(62)54-49(42)63/h5,7,9-13,34,39-40,42,45,61H,3-4,6,8,14-33,35H2,1-2H3,(H,52,53,55)(H,54,62,63). The van der Waals surface area contributed by atoms with E-state index in [1.54, 1.807) is 11.9 Å². The molecule has 4 aromatic rings. The van der Waals surface area contributed by atoms with Crippen LogP contribution >= 0.6 is 0 Å². The lowest BCUT2D eigenvalue weighted by Crippen LogP contribution is -2.46. The molecule has 4 aliphatic rings. The van der Waals surface area contributed by atoms with Crippen molar-refractivity contribution in [3.8, 4) is 11.3 Å². The minimum absolute atomic E-state index is 0.0983. The number of unbranched alkanes of at least 4 members (excludes halogenated alkanes) is 1. The Morgan fingerprint density at radius 2 is 1.50 bits per heavy atom. The van der Waals surface area contributed by atoms with Crippen LogP contribution in [0.4, 0.5) is 11.6 Å². The molecule has 3 fully saturated rings. The molecule has 0 bridgehead atoms. The number of aliphatic hydroxyl groups is 1. The number of ether oxygens (including phenoxy) is 4. The van der Waals surface area contributed by atoms with Gasteiger partial charge in [-0.05, 0) is 68.1 Å². The molecule has 2 saturated heterocycles. The Kier molecular flexibility index (Phi) is 17.9. The average Bonchev–Trinajstić information content (AvgIpc) is 3.85. The number of nitrogens with one attached hydrogen (secondary N) is 2. The van der Waals surface area contributed by atoms with E-state index >= 15 is 0 Å². The van der Waals surface area contributed by atoms with Crippen molar-refractivity contribution in [2.45, 2.75) is 95.7 Å². The van der Waals surface area contributed by atoms with Crippen LogP contribution in [-0.4, -0.2) is 158 Å². The van der Waals surface area contributed by atoms with E-state index in [0.29, 0.717) is 65.2 Å². The minimum atomic E-state index is -0.559. The second-order valence-corrected chi connectivity index (χ2v) is 18.6. The maximum Gasteiger partial charge on any atom is 0.235 e. The highest BCUT2D eigenvalue weighted by Gasteiger charge is 2.45. The highest BCUT2D eigenvalue weighted by atomic mass is 16.6. The number of amides is 3. The zero-order valence-electron chi connectivity index (χ0n) is 40.0. The van der Waals surface area contributed by atoms with E-state index in [1.165, 1.54) is 5.56 Å². The zero-order chi connectivity index (χ0) is 47.2. The SMILES string of the molecule is CCCCNc1ncc2c(-c3ccc(CN4CCN(CCOCCOCCOCCOCCCc5cccc6c5N(C)C(=O)C6C5CCC(=O)NC5=O)CC4)cc3)nn(C3CCC(O)CC3)c2n1. The molecule has 1 aliphatic carbocycles. The molecule has 368 valence electrons. The van der Waals surface area contributed by atoms with E-state index in [-0.39, 0.29) is 36.3 Å². The van der Waals surface area contributed by atoms with Gasteiger partial charge in [-0.2, -0.15) is 10.1 Å². The summed E-state index contributed by atoms with van der Waals surface area (Å²) in [5.74, 6) is -1.19. The Balaban J connectivity index is 0.654. The van der Waals surface area contributed by atoms with Crippen molar-refractivity contribution in [3.05, 3.63) is 65.4 Å². The van der Waals surface area contributed by atoms with Crippen LogP contribution < -0.4 is 15.5 Å². The summed E-state index contributed by atoms with van der Waals surface area (Å²) < 4.78 is 25.2. The second kappa shape index (κ2) is 24.6. The number of aromatic nitrogens is 4. The van der Waals surface area contributed by atoms with Gasteiger partial charge in [0.05, 0.1) is 81.3 Å². The lowest BCUT2D eigenvalue weighted by molar-refractivity contribution is -0.139. The van der Waals surface area contributed by atoms with Gasteiger partial charge in [-0.1, -0.05) is 55.8 Å². The summed E-state index contributed by atoms with van der Waals surface area (Å²) in [6.07, 6.45) is 9.36. The van der Waals surface area contributed by atoms with Crippen LogP contribution in [-0.2, 0) is 46.3 Å². The average molecular weight is 938 g/mol. The van der Waals surface area contributed by atoms with Crippen molar-refractivity contribution in [2.75, 3.05) is 109 Å². The molecule has 1 saturated carbocycles. The molecule has 2 atom stereocenters. The summed E-state index contributed by atoms with van der Waals surface area (Å²) in [6, 6.07) is 14.9. The van der Waals surface area contributed by atoms with Crippen molar-refractivity contribution in [1.82, 2.24) is 34.9 Å². The smallest absolute Gasteiger partial charge is 0.235 e. The van der Waals surface area contributed by atoms with Gasteiger partial charge in [0.2, 0.25) is 23.7 Å². The third kappa shape index (κ3) is 12.7. The van der Waals surface area contributed by atoms with Gasteiger partial charge >= 0.3 is 0 Å². The lowest BCUT2D eigenvalue weighted by atomic mass is 9.81. The van der Waals surface area contributed by atoms with Crippen LogP contribution in [0.1, 0.15) is 93.4 Å². The summed E-state index contributed by atoms with van der Waals surface area (Å²) in [4.78, 5) is 53.7. The summed E-state index contributed by atoms with van der Waals surface area (Å²) in [5.41, 5.74) is 6.90. The molecular formula is C51H71N9O8. The number of likely N-dealkylation sites (N-methyl/N-ethyl adjacent to an activating group) is 1. The van der Waals surface area contributed by atoms with Crippen LogP contribution in [0.2, 0.25) is 0 Å². The normalized spacial score (nSPS) is 21.5. The van der Waals surface area contributed by atoms with Crippen LogP contribution in [0.5, 0.6) is 0 Å². The molecular weight excluding hydrogens is 867 g/mol. The highest BCUT2D eigenvalue weighted by Crippen LogP contribution is 2.45. The van der Waals surface area contributed by atoms with Crippen molar-refractivity contribution < 1.29 is 38.4 Å². The number of hydrogen-bond donors (Lipinski definition) is 3. The summed E-state index contributed by atoms with van der Waals surface area (Å²) in [6.45, 7) is 13.2. The van der Waals surface area contributed by atoms with Crippen molar-refractivity contribution in [1.29, 1.82) is 0 Å². The maximum absolute atomic E-state index is 13.2. The molecule has 68 heavy (non-hydrogen) atoms. The maximum atomic E-state index is 13.2. The van der Waals surface area contributed by atoms with Crippen LogP contribution in [0.3, 0.4) is 0 Å². The van der Waals surface area contributed by atoms with Gasteiger partial charge in [-0.3, -0.25) is 29.5 Å². The molecule has 2 unspecified atom stereocenters. The first-order chi connectivity index (χ1) is 33.3. The molecule has 2 aromatic carbocycles. The van der Waals surface area contributed by atoms with Gasteiger partial charge in [0.25, 0.3) is 0 Å². The molecule has 5 heterocycles. The number of rotatable bonds is 25. The zero-order valence-corrected chi connectivity index (χ0v) is 40.0. The number of nitrogens with zero attached hydrogens (tertiary/aromatic N) is 7. The molecule has 8 rings (SSSR count). The van der Waals surface area contributed by atoms with Gasteiger partial charge in [0, 0.05) is 77.6 Å². The number of para-hydroxylation sites is 1. The van der Waals surface area contributed by atoms with Crippen molar-refractivity contribution >= 4 is 40.4 Å². The van der Waals surface area contributed by atoms with Crippen molar-refractivity contribution in [2.24, 2.45) is 5.92 Å². The van der Waals surface area contributed by atoms with E-state index < -0.39 is 11.8 Å². The van der Waals surface area contributed by atoms with Crippen LogP contribution in [0.25, 0.3) is 22.3 Å². The van der Waals surface area contributed by atoms with Crippen LogP contribution in [0.15, 0.2) is 48.7 Å². The first kappa shape index (κ1) is 49.5. The fraction of sp³-hybridized carbons (Fsp3) is 0.608. The summed E-state index contributed by atoms with van der Waals surface area (Å²) in [5, 5.41) is 22.0. The Labute approximate surface area is 400 Å². The predicted octanol–water partition coefficient (Wildman–Crippen LogP) is 5.11. The van der Waals surface area contributed by atoms with Crippen LogP contribution in [0, 0.1) is 5.92 Å². The molecule has 17 heteroatoms. The lowest BCUT2D eigenvalue weighted by Gasteiger charge is -2.34. The van der Waals surface area contributed by atoms with E-state index in [4.69, 9.17) is 29.0 Å². The van der Waals surface area contributed by atoms with E-state index in [0.717, 1.165) is 136 Å². The highest BCUT2D eigenvalue weighted by molar-refractivity contribution is 6.09. The number of piperidine rings is 1. The Morgan fingerprint density at radius 3 is 2.21 bits per heavy atom. The molecule has 3 amide bonds. The number of piperazine rings is 1. The molecule has 0 spiro atoms. The van der Waals surface area contributed by atoms with E-state index in [1.807, 2.05) is 24.4 Å². The largest absolute Gasteiger partial charge is 0.393 e. The Bertz CT molecular complexity index is 2280. The second-order valence-electron chi connectivity index (χ2n) is 18.6. The number of imide groups is 1. The topological polar surface area (TPSA) is 186 Å². The molecule has 3 aliphatic heterocycles. The van der Waals surface area contributed by atoms with Gasteiger partial charge in [-0.15, -0.1) is 0 Å². The first-order valence-electron chi connectivity index (χ1n) is 25.0. The fourth-order valence-electron chi connectivity index (χ4n) is 10.0. The number of hydrogen-bond acceptors (Lipinski definition) is 14. The van der Waals surface area contributed by atoms with E-state index in [9.17, 15) is 19.5 Å². The third-order valence-electron chi connectivity index (χ3n) is 13.9. The number of carbonyl (C=O) groups is 3. The third-order valence-corrected chi connectivity index (χ3v) is 13.9. The summed E-state index contributed by atoms with van der Waals surface area (Å²) >= 11 is 0. The molecule has 2 aromatic heterocycles. The predicted molar refractivity (Wildman–Crippen MR) is 259 cm³/mol. The van der Waals surface area contributed by atoms with Crippen molar-refractivity contribution in [3.63, 3.8) is 0 Å². The number of fused-ring (bicyclic) bond motifs is 2. The number of benzene rings is 2. The van der Waals surface area contributed by atoms with Gasteiger partial charge in [0.15, 0.2) is 5.65 Å². The first-order valence-corrected chi connectivity index (χ1v) is 25.0. The minimum Gasteiger partial charge on any atom is -0.393 e. The number of aliphatic hydroxyl groups excluding tert-OH is 1. The molecule has 3 N–H and O–H groups in total. The van der Waals surface area contributed by atoms with Gasteiger partial charge in [-0.25, -0.2) is 9.67 Å². The summed E-state index contributed by atoms with van der Waals surface area (Å²) in [7, 11) is 1.76.